The van der Waals surface area contributed by atoms with E-state index in [1.807, 2.05) is 72.8 Å². The smallest absolute Gasteiger partial charge is 0.248 e. The molecule has 0 aromatic heterocycles. The van der Waals surface area contributed by atoms with E-state index in [1.54, 1.807) is 24.1 Å². The number of carbonyl (C=O) groups is 1. The van der Waals surface area contributed by atoms with Crippen molar-refractivity contribution in [3.63, 3.8) is 0 Å². The highest BCUT2D eigenvalue weighted by molar-refractivity contribution is 7.93. The van der Waals surface area contributed by atoms with Gasteiger partial charge in [0.2, 0.25) is 5.91 Å². The summed E-state index contributed by atoms with van der Waals surface area (Å²) in [7, 11) is -2.07. The molecule has 2 atom stereocenters. The van der Waals surface area contributed by atoms with Crippen molar-refractivity contribution < 1.29 is 17.9 Å². The SMILES string of the molecule is COc1ccc([C@@H]2[C@@H](S(=O)(=O)CCc3ccccc3)C(=O)N2c2ccccc2)cc1. The molecule has 3 aromatic carbocycles. The van der Waals surface area contributed by atoms with Gasteiger partial charge in [-0.1, -0.05) is 60.7 Å². The number of aryl methyl sites for hydroxylation is 1. The van der Waals surface area contributed by atoms with Crippen LogP contribution < -0.4 is 9.64 Å². The fraction of sp³-hybridized carbons (Fsp3) is 0.208. The van der Waals surface area contributed by atoms with Crippen LogP contribution in [0.5, 0.6) is 5.75 Å². The number of anilines is 1. The highest BCUT2D eigenvalue weighted by atomic mass is 32.2. The maximum atomic E-state index is 13.2. The van der Waals surface area contributed by atoms with E-state index in [0.717, 1.165) is 11.1 Å². The van der Waals surface area contributed by atoms with Gasteiger partial charge in [0.25, 0.3) is 0 Å². The summed E-state index contributed by atoms with van der Waals surface area (Å²) in [4.78, 5) is 14.6. The van der Waals surface area contributed by atoms with E-state index in [0.29, 0.717) is 17.9 Å². The lowest BCUT2D eigenvalue weighted by atomic mass is 9.92. The fourth-order valence-corrected chi connectivity index (χ4v) is 5.71. The predicted octanol–water partition coefficient (Wildman–Crippen LogP) is 3.81. The van der Waals surface area contributed by atoms with E-state index in [1.165, 1.54) is 0 Å². The predicted molar refractivity (Wildman–Crippen MR) is 117 cm³/mol. The van der Waals surface area contributed by atoms with Crippen molar-refractivity contribution in [1.29, 1.82) is 0 Å². The van der Waals surface area contributed by atoms with E-state index in [-0.39, 0.29) is 11.7 Å². The van der Waals surface area contributed by atoms with Crippen LogP contribution in [0.3, 0.4) is 0 Å². The number of hydrogen-bond donors (Lipinski definition) is 0. The summed E-state index contributed by atoms with van der Waals surface area (Å²) >= 11 is 0. The van der Waals surface area contributed by atoms with E-state index < -0.39 is 21.1 Å². The second-order valence-corrected chi connectivity index (χ2v) is 9.53. The third-order valence-corrected chi connectivity index (χ3v) is 7.45. The van der Waals surface area contributed by atoms with Crippen LogP contribution in [0.25, 0.3) is 0 Å². The second kappa shape index (κ2) is 8.32. The van der Waals surface area contributed by atoms with Crippen LogP contribution in [-0.2, 0) is 21.1 Å². The van der Waals surface area contributed by atoms with Crippen LogP contribution in [0.15, 0.2) is 84.9 Å². The van der Waals surface area contributed by atoms with Crippen molar-refractivity contribution in [2.75, 3.05) is 17.8 Å². The van der Waals surface area contributed by atoms with Crippen LogP contribution >= 0.6 is 0 Å². The second-order valence-electron chi connectivity index (χ2n) is 7.28. The Morgan fingerprint density at radius 1 is 0.867 bits per heavy atom. The Morgan fingerprint density at radius 2 is 1.47 bits per heavy atom. The van der Waals surface area contributed by atoms with Gasteiger partial charge >= 0.3 is 0 Å². The lowest BCUT2D eigenvalue weighted by molar-refractivity contribution is -0.123. The molecule has 1 saturated heterocycles. The van der Waals surface area contributed by atoms with Gasteiger partial charge in [-0.3, -0.25) is 4.79 Å². The third-order valence-electron chi connectivity index (χ3n) is 5.44. The molecule has 1 fully saturated rings. The van der Waals surface area contributed by atoms with E-state index in [9.17, 15) is 13.2 Å². The summed E-state index contributed by atoms with van der Waals surface area (Å²) in [6, 6.07) is 25.3. The fourth-order valence-electron chi connectivity index (χ4n) is 3.85. The zero-order valence-electron chi connectivity index (χ0n) is 16.6. The number of ether oxygens (including phenoxy) is 1. The Labute approximate surface area is 176 Å². The molecule has 0 bridgehead atoms. The first-order valence-corrected chi connectivity index (χ1v) is 11.5. The number of hydrogen-bond acceptors (Lipinski definition) is 4. The van der Waals surface area contributed by atoms with Crippen LogP contribution in [0, 0.1) is 0 Å². The van der Waals surface area contributed by atoms with Crippen LogP contribution in [0.1, 0.15) is 17.2 Å². The highest BCUT2D eigenvalue weighted by Gasteiger charge is 2.55. The first-order chi connectivity index (χ1) is 14.5. The summed E-state index contributed by atoms with van der Waals surface area (Å²) in [5.41, 5.74) is 2.40. The first kappa shape index (κ1) is 20.2. The average Bonchev–Trinajstić information content (AvgIpc) is 2.77. The largest absolute Gasteiger partial charge is 0.497 e. The number of amides is 1. The molecule has 3 aromatic rings. The molecule has 0 spiro atoms. The van der Waals surface area contributed by atoms with E-state index in [2.05, 4.69) is 0 Å². The topological polar surface area (TPSA) is 63.7 Å². The van der Waals surface area contributed by atoms with Crippen molar-refractivity contribution in [3.8, 4) is 5.75 Å². The molecule has 0 aliphatic carbocycles. The van der Waals surface area contributed by atoms with Gasteiger partial charge in [0.1, 0.15) is 5.75 Å². The van der Waals surface area contributed by atoms with Gasteiger partial charge in [0.15, 0.2) is 15.1 Å². The summed E-state index contributed by atoms with van der Waals surface area (Å²) in [5, 5.41) is -1.09. The average molecular weight is 422 g/mol. The number of nitrogens with zero attached hydrogens (tertiary/aromatic N) is 1. The quantitative estimate of drug-likeness (QED) is 0.544. The summed E-state index contributed by atoms with van der Waals surface area (Å²) in [6.07, 6.45) is 0.383. The number of carbonyl (C=O) groups excluding carboxylic acids is 1. The first-order valence-electron chi connectivity index (χ1n) is 9.79. The van der Waals surface area contributed by atoms with Crippen molar-refractivity contribution in [2.24, 2.45) is 0 Å². The van der Waals surface area contributed by atoms with E-state index >= 15 is 0 Å². The molecule has 1 aliphatic rings. The molecule has 6 heteroatoms. The van der Waals surface area contributed by atoms with Gasteiger partial charge in [-0.05, 0) is 41.8 Å². The molecule has 4 rings (SSSR count). The number of β-lactam (4-membered cyclic amide) rings is 1. The Hall–Kier alpha value is -3.12. The standard InChI is InChI=1S/C24H23NO4S/c1-29-21-14-12-19(13-15-21)22-23(24(26)25(22)20-10-6-3-7-11-20)30(27,28)17-16-18-8-4-2-5-9-18/h2-15,22-23H,16-17H2,1H3/t22-,23-/m1/s1. The van der Waals surface area contributed by atoms with Crippen molar-refractivity contribution in [3.05, 3.63) is 96.1 Å². The monoisotopic (exact) mass is 421 g/mol. The molecule has 154 valence electrons. The highest BCUT2D eigenvalue weighted by Crippen LogP contribution is 2.43. The van der Waals surface area contributed by atoms with Crippen LogP contribution in [-0.4, -0.2) is 32.4 Å². The normalized spacial score (nSPS) is 18.7. The van der Waals surface area contributed by atoms with Crippen molar-refractivity contribution in [1.82, 2.24) is 0 Å². The molecule has 0 saturated carbocycles. The van der Waals surface area contributed by atoms with Crippen molar-refractivity contribution >= 4 is 21.4 Å². The Kier molecular flexibility index (Phi) is 5.59. The minimum absolute atomic E-state index is 0.0668. The Bertz CT molecular complexity index is 1110. The minimum atomic E-state index is -3.65. The van der Waals surface area contributed by atoms with E-state index in [4.69, 9.17) is 4.74 Å². The molecule has 5 nitrogen and oxygen atoms in total. The number of methoxy groups -OCH3 is 1. The number of para-hydroxylation sites is 1. The van der Waals surface area contributed by atoms with Gasteiger partial charge in [-0.25, -0.2) is 8.42 Å². The van der Waals surface area contributed by atoms with Gasteiger partial charge in [-0.15, -0.1) is 0 Å². The Balaban J connectivity index is 1.65. The van der Waals surface area contributed by atoms with Gasteiger partial charge in [0, 0.05) is 5.69 Å². The maximum absolute atomic E-state index is 13.2. The summed E-state index contributed by atoms with van der Waals surface area (Å²) < 4.78 is 31.6. The van der Waals surface area contributed by atoms with Crippen LogP contribution in [0.2, 0.25) is 0 Å². The molecule has 1 heterocycles. The summed E-state index contributed by atoms with van der Waals surface area (Å²) in [5.74, 6) is 0.233. The number of benzene rings is 3. The lowest BCUT2D eigenvalue weighted by Gasteiger charge is -2.46. The van der Waals surface area contributed by atoms with Gasteiger partial charge in [0.05, 0.1) is 18.9 Å². The molecule has 0 N–H and O–H groups in total. The molecule has 1 aliphatic heterocycles. The van der Waals surface area contributed by atoms with Crippen molar-refractivity contribution in [2.45, 2.75) is 17.7 Å². The third kappa shape index (κ3) is 3.83. The van der Waals surface area contributed by atoms with Crippen LogP contribution in [0.4, 0.5) is 5.69 Å². The Morgan fingerprint density at radius 3 is 2.07 bits per heavy atom. The molecule has 0 radical (unpaired) electrons. The van der Waals surface area contributed by atoms with Gasteiger partial charge < -0.3 is 9.64 Å². The lowest BCUT2D eigenvalue weighted by Crippen LogP contribution is -2.62. The number of sulfone groups is 1. The zero-order chi connectivity index (χ0) is 21.1. The molecule has 0 unspecified atom stereocenters. The number of rotatable bonds is 7. The molecule has 30 heavy (non-hydrogen) atoms. The molecular formula is C24H23NO4S. The zero-order valence-corrected chi connectivity index (χ0v) is 17.5. The minimum Gasteiger partial charge on any atom is -0.497 e. The van der Waals surface area contributed by atoms with Gasteiger partial charge in [-0.2, -0.15) is 0 Å². The summed E-state index contributed by atoms with van der Waals surface area (Å²) in [6.45, 7) is 0. The molecule has 1 amide bonds. The maximum Gasteiger partial charge on any atom is 0.248 e. The molecular weight excluding hydrogens is 398 g/mol.